The molecular weight excluding hydrogens is 446 g/mol. The van der Waals surface area contributed by atoms with Crippen molar-refractivity contribution < 1.29 is 23.5 Å². The molecule has 0 aliphatic carbocycles. The minimum absolute atomic E-state index is 0.192. The van der Waals surface area contributed by atoms with Crippen molar-refractivity contribution in [2.24, 2.45) is 0 Å². The number of carbonyl (C=O) groups is 3. The summed E-state index contributed by atoms with van der Waals surface area (Å²) >= 11 is 0. The number of hydrogen-bond acceptors (Lipinski definition) is 5. The van der Waals surface area contributed by atoms with E-state index >= 15 is 0 Å². The molecular formula is C27H23N3O5. The van der Waals surface area contributed by atoms with Crippen molar-refractivity contribution in [2.45, 2.75) is 6.54 Å². The van der Waals surface area contributed by atoms with Crippen molar-refractivity contribution in [3.05, 3.63) is 114 Å². The van der Waals surface area contributed by atoms with Crippen LogP contribution in [0, 0.1) is 0 Å². The molecule has 1 aromatic heterocycles. The molecule has 0 fully saturated rings. The molecule has 0 spiro atoms. The Bertz CT molecular complexity index is 1300. The van der Waals surface area contributed by atoms with Crippen LogP contribution in [0.1, 0.15) is 26.5 Å². The highest BCUT2D eigenvalue weighted by Crippen LogP contribution is 2.18. The van der Waals surface area contributed by atoms with Gasteiger partial charge >= 0.3 is 0 Å². The van der Waals surface area contributed by atoms with Crippen molar-refractivity contribution in [1.29, 1.82) is 0 Å². The highest BCUT2D eigenvalue weighted by molar-refractivity contribution is 6.04. The monoisotopic (exact) mass is 469 g/mol. The lowest BCUT2D eigenvalue weighted by molar-refractivity contribution is -0.123. The Morgan fingerprint density at radius 1 is 0.743 bits per heavy atom. The molecule has 35 heavy (non-hydrogen) atoms. The molecule has 4 aromatic rings. The van der Waals surface area contributed by atoms with Gasteiger partial charge in [0.05, 0.1) is 6.26 Å². The molecule has 4 rings (SSSR count). The van der Waals surface area contributed by atoms with Gasteiger partial charge in [0.25, 0.3) is 17.7 Å². The highest BCUT2D eigenvalue weighted by atomic mass is 16.5. The van der Waals surface area contributed by atoms with Crippen LogP contribution in [0.4, 0.5) is 11.4 Å². The number of ether oxygens (including phenoxy) is 1. The minimum Gasteiger partial charge on any atom is -0.484 e. The van der Waals surface area contributed by atoms with Crippen molar-refractivity contribution >= 4 is 29.1 Å². The van der Waals surface area contributed by atoms with Crippen LogP contribution in [0.3, 0.4) is 0 Å². The number of nitrogens with one attached hydrogen (secondary N) is 3. The molecule has 8 nitrogen and oxygen atoms in total. The van der Waals surface area contributed by atoms with E-state index in [4.69, 9.17) is 9.15 Å². The van der Waals surface area contributed by atoms with Gasteiger partial charge in [-0.25, -0.2) is 0 Å². The number of amides is 3. The van der Waals surface area contributed by atoms with Gasteiger partial charge in [-0.3, -0.25) is 14.4 Å². The number of carbonyl (C=O) groups excluding carboxylic acids is 3. The topological polar surface area (TPSA) is 110 Å². The van der Waals surface area contributed by atoms with Gasteiger partial charge in [-0.15, -0.1) is 0 Å². The fraction of sp³-hybridized carbons (Fsp3) is 0.0741. The maximum Gasteiger partial charge on any atom is 0.291 e. The van der Waals surface area contributed by atoms with Crippen LogP contribution in [0.5, 0.6) is 5.75 Å². The third-order valence-corrected chi connectivity index (χ3v) is 4.92. The van der Waals surface area contributed by atoms with Gasteiger partial charge < -0.3 is 25.1 Å². The van der Waals surface area contributed by atoms with Crippen molar-refractivity contribution in [1.82, 2.24) is 5.32 Å². The maximum atomic E-state index is 12.5. The third-order valence-electron chi connectivity index (χ3n) is 4.92. The molecule has 0 aliphatic rings. The maximum absolute atomic E-state index is 12.5. The first-order chi connectivity index (χ1) is 17.1. The summed E-state index contributed by atoms with van der Waals surface area (Å²) in [6, 6.07) is 26.1. The SMILES string of the molecule is O=C(COc1cccc(NC(=O)c2ccco2)c1)NCc1cccc(C(=O)Nc2ccccc2)c1. The van der Waals surface area contributed by atoms with Crippen LogP contribution in [0.2, 0.25) is 0 Å². The Morgan fingerprint density at radius 2 is 1.51 bits per heavy atom. The smallest absolute Gasteiger partial charge is 0.291 e. The summed E-state index contributed by atoms with van der Waals surface area (Å²) in [7, 11) is 0. The Kier molecular flexibility index (Phi) is 7.55. The zero-order valence-electron chi connectivity index (χ0n) is 18.7. The van der Waals surface area contributed by atoms with Gasteiger partial charge in [-0.05, 0) is 54.1 Å². The first-order valence-electron chi connectivity index (χ1n) is 10.9. The Morgan fingerprint density at radius 3 is 2.31 bits per heavy atom. The average molecular weight is 469 g/mol. The van der Waals surface area contributed by atoms with E-state index in [1.165, 1.54) is 6.26 Å². The number of rotatable bonds is 9. The standard InChI is InChI=1S/C27H23N3O5/c31-25(18-35-23-12-5-11-22(16-23)30-27(33)24-13-6-14-34-24)28-17-19-7-4-8-20(15-19)26(32)29-21-9-2-1-3-10-21/h1-16H,17-18H2,(H,28,31)(H,29,32)(H,30,33). The zero-order valence-corrected chi connectivity index (χ0v) is 18.7. The molecule has 8 heteroatoms. The second-order valence-corrected chi connectivity index (χ2v) is 7.55. The number of furan rings is 1. The van der Waals surface area contributed by atoms with Gasteiger partial charge in [-0.2, -0.15) is 0 Å². The summed E-state index contributed by atoms with van der Waals surface area (Å²) in [6.07, 6.45) is 1.42. The van der Waals surface area contributed by atoms with Crippen LogP contribution < -0.4 is 20.7 Å². The second kappa shape index (κ2) is 11.3. The Labute approximate surface area is 201 Å². The summed E-state index contributed by atoms with van der Waals surface area (Å²) in [4.78, 5) is 36.8. The lowest BCUT2D eigenvalue weighted by Crippen LogP contribution is -2.28. The minimum atomic E-state index is -0.385. The molecule has 1 heterocycles. The summed E-state index contributed by atoms with van der Waals surface area (Å²) in [6.45, 7) is 0.0393. The summed E-state index contributed by atoms with van der Waals surface area (Å²) in [5.41, 5.74) is 2.49. The summed E-state index contributed by atoms with van der Waals surface area (Å²) in [5, 5.41) is 8.31. The van der Waals surface area contributed by atoms with E-state index in [1.54, 1.807) is 54.6 Å². The molecule has 0 saturated heterocycles. The van der Waals surface area contributed by atoms with Crippen LogP contribution in [0.25, 0.3) is 0 Å². The molecule has 0 aliphatic heterocycles. The summed E-state index contributed by atoms with van der Waals surface area (Å²) < 4.78 is 10.6. The van der Waals surface area contributed by atoms with E-state index in [0.29, 0.717) is 22.7 Å². The van der Waals surface area contributed by atoms with Crippen LogP contribution in [-0.2, 0) is 11.3 Å². The van der Waals surface area contributed by atoms with Gasteiger partial charge in [0.1, 0.15) is 5.75 Å². The molecule has 0 unspecified atom stereocenters. The molecule has 0 bridgehead atoms. The molecule has 0 saturated carbocycles. The molecule has 0 radical (unpaired) electrons. The number of para-hydroxylation sites is 1. The fourth-order valence-corrected chi connectivity index (χ4v) is 3.21. The molecule has 3 N–H and O–H groups in total. The van der Waals surface area contributed by atoms with Crippen molar-refractivity contribution in [2.75, 3.05) is 17.2 Å². The average Bonchev–Trinajstić information content (AvgIpc) is 3.43. The predicted molar refractivity (Wildman–Crippen MR) is 131 cm³/mol. The lowest BCUT2D eigenvalue weighted by Gasteiger charge is -2.10. The molecule has 0 atom stereocenters. The predicted octanol–water partition coefficient (Wildman–Crippen LogP) is 4.48. The molecule has 3 aromatic carbocycles. The van der Waals surface area contributed by atoms with Crippen molar-refractivity contribution in [3.8, 4) is 5.75 Å². The van der Waals surface area contributed by atoms with Crippen LogP contribution >= 0.6 is 0 Å². The zero-order chi connectivity index (χ0) is 24.5. The Balaban J connectivity index is 1.25. The third kappa shape index (κ3) is 6.82. The Hall–Kier alpha value is -4.85. The number of hydrogen-bond donors (Lipinski definition) is 3. The second-order valence-electron chi connectivity index (χ2n) is 7.55. The van der Waals surface area contributed by atoms with Crippen LogP contribution in [0.15, 0.2) is 102 Å². The van der Waals surface area contributed by atoms with Crippen molar-refractivity contribution in [3.63, 3.8) is 0 Å². The lowest BCUT2D eigenvalue weighted by atomic mass is 10.1. The van der Waals surface area contributed by atoms with Gasteiger partial charge in [-0.1, -0.05) is 36.4 Å². The highest BCUT2D eigenvalue weighted by Gasteiger charge is 2.10. The van der Waals surface area contributed by atoms with E-state index in [1.807, 2.05) is 36.4 Å². The first-order valence-corrected chi connectivity index (χ1v) is 10.9. The number of anilines is 2. The van der Waals surface area contributed by atoms with E-state index in [9.17, 15) is 14.4 Å². The van der Waals surface area contributed by atoms with Crippen LogP contribution in [-0.4, -0.2) is 24.3 Å². The first kappa shape index (κ1) is 23.3. The van der Waals surface area contributed by atoms with E-state index in [2.05, 4.69) is 16.0 Å². The van der Waals surface area contributed by atoms with E-state index in [0.717, 1.165) is 5.56 Å². The normalized spacial score (nSPS) is 10.3. The van der Waals surface area contributed by atoms with Gasteiger partial charge in [0.15, 0.2) is 12.4 Å². The quantitative estimate of drug-likeness (QED) is 0.335. The van der Waals surface area contributed by atoms with E-state index < -0.39 is 0 Å². The fourth-order valence-electron chi connectivity index (χ4n) is 3.21. The largest absolute Gasteiger partial charge is 0.484 e. The summed E-state index contributed by atoms with van der Waals surface area (Å²) in [5.74, 6) is -0.320. The number of benzene rings is 3. The van der Waals surface area contributed by atoms with Gasteiger partial charge in [0, 0.05) is 29.5 Å². The van der Waals surface area contributed by atoms with Gasteiger partial charge in [0.2, 0.25) is 0 Å². The van der Waals surface area contributed by atoms with E-state index in [-0.39, 0.29) is 36.6 Å². The molecule has 176 valence electrons. The molecule has 3 amide bonds.